The Morgan fingerprint density at radius 1 is 1.24 bits per heavy atom. The monoisotopic (exact) mass is 292 g/mol. The van der Waals surface area contributed by atoms with Crippen LogP contribution in [-0.4, -0.2) is 43.5 Å². The molecule has 1 aromatic rings. The minimum absolute atomic E-state index is 0.124. The van der Waals surface area contributed by atoms with Gasteiger partial charge in [-0.2, -0.15) is 0 Å². The van der Waals surface area contributed by atoms with Crippen LogP contribution in [0.15, 0.2) is 24.3 Å². The third-order valence-electron chi connectivity index (χ3n) is 3.11. The average Bonchev–Trinajstić information content (AvgIpc) is 2.47. The van der Waals surface area contributed by atoms with Crippen LogP contribution in [0.1, 0.15) is 25.8 Å². The number of methoxy groups -OCH3 is 1. The zero-order valence-corrected chi connectivity index (χ0v) is 13.0. The quantitative estimate of drug-likeness (QED) is 0.745. The van der Waals surface area contributed by atoms with E-state index in [-0.39, 0.29) is 25.0 Å². The molecule has 1 amide bonds. The molecule has 0 aliphatic heterocycles. The fourth-order valence-corrected chi connectivity index (χ4v) is 2.05. The van der Waals surface area contributed by atoms with Gasteiger partial charge in [0.1, 0.15) is 0 Å². The minimum Gasteiger partial charge on any atom is -0.468 e. The fraction of sp³-hybridized carbons (Fsp3) is 0.500. The van der Waals surface area contributed by atoms with Gasteiger partial charge in [0.25, 0.3) is 0 Å². The third-order valence-corrected chi connectivity index (χ3v) is 3.11. The van der Waals surface area contributed by atoms with Gasteiger partial charge in [-0.15, -0.1) is 0 Å². The number of ether oxygens (including phenoxy) is 1. The number of hydrogen-bond acceptors (Lipinski definition) is 4. The van der Waals surface area contributed by atoms with Crippen LogP contribution in [0.3, 0.4) is 0 Å². The molecular formula is C16H24N2O3. The summed E-state index contributed by atoms with van der Waals surface area (Å²) < 4.78 is 4.64. The summed E-state index contributed by atoms with van der Waals surface area (Å²) in [6, 6.07) is 7.77. The summed E-state index contributed by atoms with van der Waals surface area (Å²) in [6.45, 7) is 5.07. The first kappa shape index (κ1) is 17.2. The molecule has 116 valence electrons. The van der Waals surface area contributed by atoms with E-state index in [1.54, 1.807) is 4.90 Å². The number of nitrogens with one attached hydrogen (secondary N) is 1. The normalized spacial score (nSPS) is 10.5. The molecule has 0 spiro atoms. The first-order valence-electron chi connectivity index (χ1n) is 7.27. The molecule has 0 radical (unpaired) electrons. The zero-order chi connectivity index (χ0) is 15.7. The number of benzene rings is 1. The summed E-state index contributed by atoms with van der Waals surface area (Å²) >= 11 is 0. The summed E-state index contributed by atoms with van der Waals surface area (Å²) in [5.41, 5.74) is 1.96. The van der Waals surface area contributed by atoms with Gasteiger partial charge in [0.15, 0.2) is 0 Å². The number of carbonyl (C=O) groups is 2. The maximum atomic E-state index is 12.1. The highest BCUT2D eigenvalue weighted by Gasteiger charge is 2.14. The molecule has 5 nitrogen and oxygen atoms in total. The Labute approximate surface area is 126 Å². The van der Waals surface area contributed by atoms with Crippen LogP contribution in [0, 0.1) is 0 Å². The molecule has 1 aromatic carbocycles. The van der Waals surface area contributed by atoms with Gasteiger partial charge >= 0.3 is 5.97 Å². The van der Waals surface area contributed by atoms with Crippen LogP contribution in [0.25, 0.3) is 0 Å². The molecule has 0 saturated heterocycles. The van der Waals surface area contributed by atoms with Crippen molar-refractivity contribution in [3.05, 3.63) is 29.8 Å². The topological polar surface area (TPSA) is 58.6 Å². The zero-order valence-electron chi connectivity index (χ0n) is 13.0. The Hall–Kier alpha value is -1.88. The Morgan fingerprint density at radius 2 is 2.00 bits per heavy atom. The van der Waals surface area contributed by atoms with Gasteiger partial charge in [0.05, 0.1) is 20.2 Å². The molecule has 0 bridgehead atoms. The van der Waals surface area contributed by atoms with Crippen molar-refractivity contribution >= 4 is 17.6 Å². The molecule has 21 heavy (non-hydrogen) atoms. The summed E-state index contributed by atoms with van der Waals surface area (Å²) in [6.07, 6.45) is 1.80. The van der Waals surface area contributed by atoms with Gasteiger partial charge in [-0.25, -0.2) is 0 Å². The van der Waals surface area contributed by atoms with Crippen molar-refractivity contribution in [3.8, 4) is 0 Å². The van der Waals surface area contributed by atoms with Gasteiger partial charge in [-0.3, -0.25) is 14.5 Å². The molecule has 1 N–H and O–H groups in total. The van der Waals surface area contributed by atoms with Crippen molar-refractivity contribution < 1.29 is 14.3 Å². The molecule has 0 fully saturated rings. The number of rotatable bonds is 8. The van der Waals surface area contributed by atoms with Crippen LogP contribution in [0.4, 0.5) is 5.69 Å². The second-order valence-corrected chi connectivity index (χ2v) is 4.89. The van der Waals surface area contributed by atoms with E-state index in [4.69, 9.17) is 0 Å². The van der Waals surface area contributed by atoms with Crippen molar-refractivity contribution in [2.45, 2.75) is 26.7 Å². The van der Waals surface area contributed by atoms with Crippen molar-refractivity contribution in [1.29, 1.82) is 0 Å². The van der Waals surface area contributed by atoms with E-state index in [9.17, 15) is 9.59 Å². The summed E-state index contributed by atoms with van der Waals surface area (Å²) in [4.78, 5) is 25.2. The highest BCUT2D eigenvalue weighted by molar-refractivity contribution is 5.92. The lowest BCUT2D eigenvalue weighted by Gasteiger charge is -2.19. The van der Waals surface area contributed by atoms with Crippen LogP contribution in [0.2, 0.25) is 0 Å². The van der Waals surface area contributed by atoms with Gasteiger partial charge in [-0.1, -0.05) is 26.0 Å². The van der Waals surface area contributed by atoms with Crippen LogP contribution < -0.4 is 5.32 Å². The van der Waals surface area contributed by atoms with Crippen molar-refractivity contribution in [3.63, 3.8) is 0 Å². The number of carbonyl (C=O) groups excluding carboxylic acids is 2. The summed E-state index contributed by atoms with van der Waals surface area (Å²) in [5, 5.41) is 2.86. The third kappa shape index (κ3) is 6.40. The lowest BCUT2D eigenvalue weighted by Crippen LogP contribution is -2.37. The number of aryl methyl sites for hydroxylation is 1. The number of esters is 1. The van der Waals surface area contributed by atoms with Crippen molar-refractivity contribution in [2.75, 3.05) is 32.1 Å². The number of amides is 1. The lowest BCUT2D eigenvalue weighted by molar-refractivity contribution is -0.142. The molecule has 0 heterocycles. The SMILES string of the molecule is CCCN(CC(=O)Nc1cccc(CC)c1)CC(=O)OC. The molecule has 0 aromatic heterocycles. The molecular weight excluding hydrogens is 268 g/mol. The van der Waals surface area contributed by atoms with E-state index < -0.39 is 0 Å². The summed E-state index contributed by atoms with van der Waals surface area (Å²) in [7, 11) is 1.35. The van der Waals surface area contributed by atoms with Gasteiger partial charge in [-0.05, 0) is 37.1 Å². The van der Waals surface area contributed by atoms with Gasteiger partial charge in [0, 0.05) is 5.69 Å². The average molecular weight is 292 g/mol. The predicted molar refractivity (Wildman–Crippen MR) is 83.2 cm³/mol. The number of anilines is 1. The second-order valence-electron chi connectivity index (χ2n) is 4.89. The van der Waals surface area contributed by atoms with Crippen LogP contribution in [-0.2, 0) is 20.7 Å². The highest BCUT2D eigenvalue weighted by atomic mass is 16.5. The molecule has 0 aliphatic carbocycles. The second kappa shape index (κ2) is 9.13. The fourth-order valence-electron chi connectivity index (χ4n) is 2.05. The highest BCUT2D eigenvalue weighted by Crippen LogP contribution is 2.11. The predicted octanol–water partition coefficient (Wildman–Crippen LogP) is 2.07. The number of hydrogen-bond donors (Lipinski definition) is 1. The number of nitrogens with zero attached hydrogens (tertiary/aromatic N) is 1. The van der Waals surface area contributed by atoms with Crippen molar-refractivity contribution in [1.82, 2.24) is 4.90 Å². The summed E-state index contributed by atoms with van der Waals surface area (Å²) in [5.74, 6) is -0.454. The largest absolute Gasteiger partial charge is 0.468 e. The van der Waals surface area contributed by atoms with E-state index in [0.29, 0.717) is 6.54 Å². The molecule has 0 unspecified atom stereocenters. The minimum atomic E-state index is -0.329. The molecule has 5 heteroatoms. The Balaban J connectivity index is 2.58. The molecule has 0 atom stereocenters. The molecule has 1 rings (SSSR count). The van der Waals surface area contributed by atoms with Gasteiger partial charge < -0.3 is 10.1 Å². The maximum Gasteiger partial charge on any atom is 0.319 e. The van der Waals surface area contributed by atoms with E-state index >= 15 is 0 Å². The first-order chi connectivity index (χ1) is 10.1. The molecule has 0 aliphatic rings. The lowest BCUT2D eigenvalue weighted by atomic mass is 10.1. The van der Waals surface area contributed by atoms with E-state index in [1.165, 1.54) is 12.7 Å². The van der Waals surface area contributed by atoms with Crippen molar-refractivity contribution in [2.24, 2.45) is 0 Å². The standard InChI is InChI=1S/C16H24N2O3/c1-4-9-18(12-16(20)21-3)11-15(19)17-14-8-6-7-13(5-2)10-14/h6-8,10H,4-5,9,11-12H2,1-3H3,(H,17,19). The van der Waals surface area contributed by atoms with Crippen LogP contribution >= 0.6 is 0 Å². The van der Waals surface area contributed by atoms with Gasteiger partial charge in [0.2, 0.25) is 5.91 Å². The Kier molecular flexibility index (Phi) is 7.46. The van der Waals surface area contributed by atoms with E-state index in [2.05, 4.69) is 17.0 Å². The Bertz CT molecular complexity index is 474. The smallest absolute Gasteiger partial charge is 0.319 e. The maximum absolute atomic E-state index is 12.1. The van der Waals surface area contributed by atoms with E-state index in [0.717, 1.165) is 18.5 Å². The van der Waals surface area contributed by atoms with Crippen LogP contribution in [0.5, 0.6) is 0 Å². The first-order valence-corrected chi connectivity index (χ1v) is 7.27. The Morgan fingerprint density at radius 3 is 2.62 bits per heavy atom. The van der Waals surface area contributed by atoms with E-state index in [1.807, 2.05) is 31.2 Å². The molecule has 0 saturated carbocycles.